The van der Waals surface area contributed by atoms with Crippen molar-refractivity contribution in [3.05, 3.63) is 140 Å². The molecule has 6 aromatic rings. The molecule has 0 N–H and O–H groups in total. The van der Waals surface area contributed by atoms with Gasteiger partial charge in [-0.25, -0.2) is 0 Å². The average Bonchev–Trinajstić information content (AvgIpc) is 2.93. The molecule has 0 aliphatic heterocycles. The molecule has 0 atom stereocenters. The summed E-state index contributed by atoms with van der Waals surface area (Å²) >= 11 is 0. The summed E-state index contributed by atoms with van der Waals surface area (Å²) in [6, 6.07) is 47.3. The Balaban J connectivity index is 1.58. The van der Waals surface area contributed by atoms with Crippen molar-refractivity contribution in [3.63, 3.8) is 0 Å². The predicted octanol–water partition coefficient (Wildman–Crippen LogP) is 8.90. The summed E-state index contributed by atoms with van der Waals surface area (Å²) in [5.74, 6) is 0. The highest BCUT2D eigenvalue weighted by atomic mass is 14.6. The van der Waals surface area contributed by atoms with Crippen molar-refractivity contribution in [1.29, 1.82) is 0 Å². The van der Waals surface area contributed by atoms with Gasteiger partial charge in [-0.15, -0.1) is 0 Å². The lowest BCUT2D eigenvalue weighted by atomic mass is 9.87. The summed E-state index contributed by atoms with van der Waals surface area (Å²) in [5, 5.41) is 1.17. The zero-order valence-electron chi connectivity index (χ0n) is 18.7. The normalized spacial score (nSPS) is 10.9. The molecule has 0 aliphatic carbocycles. The molecule has 0 bridgehead atoms. The second kappa shape index (κ2) is 8.80. The molecule has 1 nitrogen and oxygen atoms in total. The number of para-hydroxylation sites is 1. The van der Waals surface area contributed by atoms with E-state index in [1.807, 2.05) is 12.3 Å². The molecule has 1 heteroatoms. The van der Waals surface area contributed by atoms with Gasteiger partial charge < -0.3 is 0 Å². The fraction of sp³-hybridized carbons (Fsp3) is 0. The third kappa shape index (κ3) is 3.68. The van der Waals surface area contributed by atoms with Crippen LogP contribution >= 0.6 is 0 Å². The van der Waals surface area contributed by atoms with Crippen LogP contribution in [0.5, 0.6) is 0 Å². The van der Waals surface area contributed by atoms with E-state index in [4.69, 9.17) is 0 Å². The molecule has 1 aromatic heterocycles. The fourth-order valence-corrected chi connectivity index (χ4v) is 4.77. The number of rotatable bonds is 4. The lowest BCUT2D eigenvalue weighted by molar-refractivity contribution is 1.41. The van der Waals surface area contributed by atoms with Gasteiger partial charge in [0.2, 0.25) is 0 Å². The second-order valence-corrected chi connectivity index (χ2v) is 8.42. The minimum atomic E-state index is 1.02. The molecule has 6 rings (SSSR count). The highest BCUT2D eigenvalue weighted by Crippen LogP contribution is 2.41. The molecule has 0 amide bonds. The Morgan fingerprint density at radius 3 is 1.71 bits per heavy atom. The highest BCUT2D eigenvalue weighted by molar-refractivity contribution is 5.97. The third-order valence-electron chi connectivity index (χ3n) is 6.35. The number of aromatic nitrogens is 1. The first-order chi connectivity index (χ1) is 16.9. The summed E-state index contributed by atoms with van der Waals surface area (Å²) in [6.45, 7) is 0. The lowest BCUT2D eigenvalue weighted by Gasteiger charge is -2.17. The van der Waals surface area contributed by atoms with E-state index in [1.54, 1.807) is 0 Å². The van der Waals surface area contributed by atoms with Crippen molar-refractivity contribution in [2.45, 2.75) is 0 Å². The van der Waals surface area contributed by atoms with Crippen LogP contribution in [-0.2, 0) is 0 Å². The minimum absolute atomic E-state index is 1.02. The largest absolute Gasteiger partial charge is 0.256 e. The maximum absolute atomic E-state index is 4.55. The van der Waals surface area contributed by atoms with Crippen LogP contribution in [-0.4, -0.2) is 4.98 Å². The van der Waals surface area contributed by atoms with Gasteiger partial charge in [0.05, 0.1) is 5.52 Å². The molecular formula is C33H23N. The average molecular weight is 434 g/mol. The molecule has 5 aromatic carbocycles. The van der Waals surface area contributed by atoms with Crippen molar-refractivity contribution in [2.75, 3.05) is 0 Å². The highest BCUT2D eigenvalue weighted by Gasteiger charge is 2.14. The maximum atomic E-state index is 4.55. The molecular weight excluding hydrogens is 410 g/mol. The summed E-state index contributed by atoms with van der Waals surface area (Å²) < 4.78 is 0. The number of benzene rings is 5. The molecule has 34 heavy (non-hydrogen) atoms. The SMILES string of the molecule is c1ccc(-c2cccc(-c3cccc(-c4ccnc5ccccc45)c3)c2-c2ccccc2)cc1. The molecule has 0 fully saturated rings. The van der Waals surface area contributed by atoms with E-state index in [1.165, 1.54) is 49.9 Å². The van der Waals surface area contributed by atoms with Crippen LogP contribution in [0.15, 0.2) is 140 Å². The van der Waals surface area contributed by atoms with E-state index in [9.17, 15) is 0 Å². The first-order valence-electron chi connectivity index (χ1n) is 11.6. The van der Waals surface area contributed by atoms with Crippen LogP contribution in [0.1, 0.15) is 0 Å². The first kappa shape index (κ1) is 20.1. The molecule has 0 saturated carbocycles. The minimum Gasteiger partial charge on any atom is -0.256 e. The maximum Gasteiger partial charge on any atom is 0.0708 e. The van der Waals surface area contributed by atoms with Gasteiger partial charge in [-0.05, 0) is 62.7 Å². The van der Waals surface area contributed by atoms with Crippen LogP contribution in [0.4, 0.5) is 0 Å². The third-order valence-corrected chi connectivity index (χ3v) is 6.35. The van der Waals surface area contributed by atoms with Gasteiger partial charge in [0.15, 0.2) is 0 Å². The van der Waals surface area contributed by atoms with Gasteiger partial charge in [-0.3, -0.25) is 4.98 Å². The Bertz CT molecular complexity index is 1580. The van der Waals surface area contributed by atoms with Crippen molar-refractivity contribution >= 4 is 10.9 Å². The van der Waals surface area contributed by atoms with Crippen LogP contribution in [0, 0.1) is 0 Å². The number of fused-ring (bicyclic) bond motifs is 1. The number of pyridine rings is 1. The van der Waals surface area contributed by atoms with Crippen LogP contribution < -0.4 is 0 Å². The van der Waals surface area contributed by atoms with Gasteiger partial charge in [0.1, 0.15) is 0 Å². The molecule has 0 radical (unpaired) electrons. The summed E-state index contributed by atoms with van der Waals surface area (Å²) in [6.07, 6.45) is 1.90. The van der Waals surface area contributed by atoms with E-state index in [0.717, 1.165) is 5.52 Å². The van der Waals surface area contributed by atoms with Gasteiger partial charge in [-0.2, -0.15) is 0 Å². The van der Waals surface area contributed by atoms with Crippen molar-refractivity contribution in [3.8, 4) is 44.5 Å². The fourth-order valence-electron chi connectivity index (χ4n) is 4.77. The Kier molecular flexibility index (Phi) is 5.21. The molecule has 1 heterocycles. The van der Waals surface area contributed by atoms with Crippen molar-refractivity contribution in [2.24, 2.45) is 0 Å². The van der Waals surface area contributed by atoms with E-state index >= 15 is 0 Å². The zero-order chi connectivity index (χ0) is 22.7. The number of nitrogens with zero attached hydrogens (tertiary/aromatic N) is 1. The molecule has 0 saturated heterocycles. The van der Waals surface area contributed by atoms with Crippen LogP contribution in [0.25, 0.3) is 55.4 Å². The smallest absolute Gasteiger partial charge is 0.0708 e. The number of hydrogen-bond acceptors (Lipinski definition) is 1. The van der Waals surface area contributed by atoms with E-state index in [-0.39, 0.29) is 0 Å². The molecule has 0 aliphatic rings. The van der Waals surface area contributed by atoms with Gasteiger partial charge >= 0.3 is 0 Å². The summed E-state index contributed by atoms with van der Waals surface area (Å²) in [4.78, 5) is 4.55. The topological polar surface area (TPSA) is 12.9 Å². The molecule has 160 valence electrons. The monoisotopic (exact) mass is 433 g/mol. The quantitative estimate of drug-likeness (QED) is 0.270. The zero-order valence-corrected chi connectivity index (χ0v) is 18.7. The van der Waals surface area contributed by atoms with Crippen molar-refractivity contribution in [1.82, 2.24) is 4.98 Å². The van der Waals surface area contributed by atoms with Gasteiger partial charge in [0.25, 0.3) is 0 Å². The van der Waals surface area contributed by atoms with Crippen LogP contribution in [0.3, 0.4) is 0 Å². The van der Waals surface area contributed by atoms with E-state index in [0.29, 0.717) is 0 Å². The van der Waals surface area contributed by atoms with Crippen LogP contribution in [0.2, 0.25) is 0 Å². The Labute approximate surface area is 200 Å². The Morgan fingerprint density at radius 2 is 0.941 bits per heavy atom. The van der Waals surface area contributed by atoms with E-state index in [2.05, 4.69) is 132 Å². The standard InChI is InChI=1S/C33H23N/c1-3-11-24(12-4-1)29-18-10-19-30(33(29)25-13-5-2-6-14-25)27-16-9-15-26(23-27)28-21-22-34-32-20-8-7-17-31(28)32/h1-23H. The Hall–Kier alpha value is -4.49. The Morgan fingerprint density at radius 1 is 0.382 bits per heavy atom. The number of hydrogen-bond donors (Lipinski definition) is 0. The first-order valence-corrected chi connectivity index (χ1v) is 11.6. The van der Waals surface area contributed by atoms with E-state index < -0.39 is 0 Å². The molecule has 0 spiro atoms. The summed E-state index contributed by atoms with van der Waals surface area (Å²) in [5.41, 5.74) is 10.8. The molecule has 0 unspecified atom stereocenters. The second-order valence-electron chi connectivity index (χ2n) is 8.42. The predicted molar refractivity (Wildman–Crippen MR) is 143 cm³/mol. The van der Waals surface area contributed by atoms with Crippen molar-refractivity contribution < 1.29 is 0 Å². The lowest BCUT2D eigenvalue weighted by Crippen LogP contribution is -1.91. The summed E-state index contributed by atoms with van der Waals surface area (Å²) in [7, 11) is 0. The van der Waals surface area contributed by atoms with Gasteiger partial charge in [-0.1, -0.05) is 115 Å². The van der Waals surface area contributed by atoms with Gasteiger partial charge in [0, 0.05) is 11.6 Å².